The lowest BCUT2D eigenvalue weighted by molar-refractivity contribution is -0.120. The maximum atomic E-state index is 12.3. The Hall–Kier alpha value is -1.92. The van der Waals surface area contributed by atoms with E-state index in [0.717, 1.165) is 66.8 Å². The molecule has 3 heterocycles. The van der Waals surface area contributed by atoms with Crippen LogP contribution in [0.2, 0.25) is 0 Å². The third-order valence-corrected chi connectivity index (χ3v) is 7.12. The molecule has 0 atom stereocenters. The van der Waals surface area contributed by atoms with Gasteiger partial charge in [0.2, 0.25) is 5.91 Å². The number of piperidine rings is 1. The van der Waals surface area contributed by atoms with E-state index in [-0.39, 0.29) is 11.5 Å². The van der Waals surface area contributed by atoms with Crippen LogP contribution in [0.3, 0.4) is 0 Å². The van der Waals surface area contributed by atoms with E-state index in [4.69, 9.17) is 4.74 Å². The number of likely N-dealkylation sites (tertiary alicyclic amines) is 1. The Labute approximate surface area is 183 Å². The van der Waals surface area contributed by atoms with Gasteiger partial charge in [0.05, 0.1) is 17.1 Å². The third-order valence-electron chi connectivity index (χ3n) is 6.19. The first-order valence-corrected chi connectivity index (χ1v) is 11.8. The van der Waals surface area contributed by atoms with Gasteiger partial charge in [-0.2, -0.15) is 0 Å². The van der Waals surface area contributed by atoms with Crippen molar-refractivity contribution in [3.05, 3.63) is 44.9 Å². The summed E-state index contributed by atoms with van der Waals surface area (Å²) in [6.45, 7) is 12.2. The average molecular weight is 428 g/mol. The molecule has 4 rings (SSSR count). The van der Waals surface area contributed by atoms with E-state index < -0.39 is 0 Å². The van der Waals surface area contributed by atoms with Gasteiger partial charge in [-0.1, -0.05) is 18.2 Å². The van der Waals surface area contributed by atoms with Gasteiger partial charge in [0.1, 0.15) is 11.4 Å². The van der Waals surface area contributed by atoms with Crippen LogP contribution in [0.4, 0.5) is 0 Å². The number of rotatable bonds is 6. The molecule has 162 valence electrons. The predicted octanol–water partition coefficient (Wildman–Crippen LogP) is 4.04. The number of ether oxygens (including phenoxy) is 1. The zero-order valence-corrected chi connectivity index (χ0v) is 19.4. The average Bonchev–Trinajstić information content (AvgIpc) is 3.18. The molecule has 2 aromatic rings. The number of carbonyl (C=O) groups excluding carboxylic acids is 1. The highest BCUT2D eigenvalue weighted by atomic mass is 32.1. The second kappa shape index (κ2) is 8.67. The van der Waals surface area contributed by atoms with Gasteiger partial charge in [-0.15, -0.1) is 11.3 Å². The summed E-state index contributed by atoms with van der Waals surface area (Å²) >= 11 is 1.66. The standard InChI is InChI=1S/C24H33N3O2S/c1-16-21(26-17(2)30-16)12-22(28)25-14-18-8-10-27(11-9-18)15-20-7-5-6-19-13-24(3,4)29-23(19)20/h5-7,18H,8-15H2,1-4H3,(H,25,28). The Bertz CT molecular complexity index is 913. The van der Waals surface area contributed by atoms with Crippen molar-refractivity contribution >= 4 is 17.2 Å². The molecule has 2 aliphatic heterocycles. The molecule has 1 fully saturated rings. The fourth-order valence-electron chi connectivity index (χ4n) is 4.60. The largest absolute Gasteiger partial charge is 0.487 e. The van der Waals surface area contributed by atoms with Crippen molar-refractivity contribution in [2.45, 2.75) is 65.5 Å². The maximum Gasteiger partial charge on any atom is 0.226 e. The van der Waals surface area contributed by atoms with Crippen molar-refractivity contribution in [1.29, 1.82) is 0 Å². The monoisotopic (exact) mass is 427 g/mol. The van der Waals surface area contributed by atoms with E-state index >= 15 is 0 Å². The van der Waals surface area contributed by atoms with Crippen molar-refractivity contribution in [2.24, 2.45) is 5.92 Å². The van der Waals surface area contributed by atoms with Gasteiger partial charge in [-0.3, -0.25) is 9.69 Å². The minimum absolute atomic E-state index is 0.0884. The Morgan fingerprint density at radius 3 is 2.77 bits per heavy atom. The Kier molecular flexibility index (Phi) is 6.16. The molecule has 0 bridgehead atoms. The Balaban J connectivity index is 1.23. The first-order valence-electron chi connectivity index (χ1n) is 11.0. The van der Waals surface area contributed by atoms with Gasteiger partial charge in [-0.25, -0.2) is 4.98 Å². The molecule has 0 spiro atoms. The molecule has 30 heavy (non-hydrogen) atoms. The highest BCUT2D eigenvalue weighted by Gasteiger charge is 2.32. The second-order valence-corrected chi connectivity index (χ2v) is 10.8. The minimum atomic E-state index is -0.0978. The molecule has 6 heteroatoms. The summed E-state index contributed by atoms with van der Waals surface area (Å²) in [5.41, 5.74) is 3.46. The van der Waals surface area contributed by atoms with Crippen LogP contribution in [0.15, 0.2) is 18.2 Å². The normalized spacial score (nSPS) is 18.8. The summed E-state index contributed by atoms with van der Waals surface area (Å²) in [5, 5.41) is 4.16. The SMILES string of the molecule is Cc1nc(CC(=O)NCC2CCN(Cc3cccc4c3OC(C)(C)C4)CC2)c(C)s1. The molecule has 0 aliphatic carbocycles. The van der Waals surface area contributed by atoms with E-state index in [1.165, 1.54) is 11.1 Å². The fraction of sp³-hybridized carbons (Fsp3) is 0.583. The van der Waals surface area contributed by atoms with Gasteiger partial charge < -0.3 is 10.1 Å². The van der Waals surface area contributed by atoms with Gasteiger partial charge in [0.15, 0.2) is 0 Å². The fourth-order valence-corrected chi connectivity index (χ4v) is 5.44. The Morgan fingerprint density at radius 2 is 2.07 bits per heavy atom. The van der Waals surface area contributed by atoms with Crippen molar-refractivity contribution in [3.63, 3.8) is 0 Å². The molecular weight excluding hydrogens is 394 g/mol. The number of para-hydroxylation sites is 1. The number of benzene rings is 1. The van der Waals surface area contributed by atoms with Crippen LogP contribution in [-0.4, -0.2) is 41.0 Å². The number of carbonyl (C=O) groups is 1. The lowest BCUT2D eigenvalue weighted by atomic mass is 9.96. The number of thiazole rings is 1. The summed E-state index contributed by atoms with van der Waals surface area (Å²) in [5.74, 6) is 1.75. The number of nitrogens with one attached hydrogen (secondary N) is 1. The number of nitrogens with zero attached hydrogens (tertiary/aromatic N) is 2. The summed E-state index contributed by atoms with van der Waals surface area (Å²) in [6.07, 6.45) is 3.62. The van der Waals surface area contributed by atoms with Crippen LogP contribution < -0.4 is 10.1 Å². The van der Waals surface area contributed by atoms with Gasteiger partial charge >= 0.3 is 0 Å². The molecule has 1 saturated heterocycles. The third kappa shape index (κ3) is 5.03. The van der Waals surface area contributed by atoms with Crippen molar-refractivity contribution < 1.29 is 9.53 Å². The topological polar surface area (TPSA) is 54.5 Å². The summed E-state index contributed by atoms with van der Waals surface area (Å²) < 4.78 is 6.23. The number of amides is 1. The lowest BCUT2D eigenvalue weighted by Crippen LogP contribution is -2.38. The maximum absolute atomic E-state index is 12.3. The molecule has 0 unspecified atom stereocenters. The number of fused-ring (bicyclic) bond motifs is 1. The first kappa shape index (κ1) is 21.3. The smallest absolute Gasteiger partial charge is 0.226 e. The quantitative estimate of drug-likeness (QED) is 0.756. The van der Waals surface area contributed by atoms with Crippen molar-refractivity contribution in [3.8, 4) is 5.75 Å². The summed E-state index contributed by atoms with van der Waals surface area (Å²) in [4.78, 5) is 20.4. The highest BCUT2D eigenvalue weighted by molar-refractivity contribution is 7.11. The number of hydrogen-bond donors (Lipinski definition) is 1. The summed E-state index contributed by atoms with van der Waals surface area (Å²) in [6, 6.07) is 6.55. The van der Waals surface area contributed by atoms with Gasteiger partial charge in [-0.05, 0) is 65.1 Å². The highest BCUT2D eigenvalue weighted by Crippen LogP contribution is 2.38. The summed E-state index contributed by atoms with van der Waals surface area (Å²) in [7, 11) is 0. The van der Waals surface area contributed by atoms with Crippen molar-refractivity contribution in [1.82, 2.24) is 15.2 Å². The first-order chi connectivity index (χ1) is 14.3. The van der Waals surface area contributed by atoms with Gasteiger partial charge in [0.25, 0.3) is 0 Å². The van der Waals surface area contributed by atoms with Crippen LogP contribution in [0.5, 0.6) is 5.75 Å². The van der Waals surface area contributed by atoms with Crippen LogP contribution in [0.25, 0.3) is 0 Å². The van der Waals surface area contributed by atoms with Crippen molar-refractivity contribution in [2.75, 3.05) is 19.6 Å². The zero-order chi connectivity index (χ0) is 21.3. The van der Waals surface area contributed by atoms with Gasteiger partial charge in [0, 0.05) is 30.0 Å². The molecule has 0 radical (unpaired) electrons. The molecule has 1 amide bonds. The van der Waals surface area contributed by atoms with Crippen LogP contribution >= 0.6 is 11.3 Å². The molecule has 1 aromatic heterocycles. The lowest BCUT2D eigenvalue weighted by Gasteiger charge is -2.32. The number of aromatic nitrogens is 1. The molecular formula is C24H33N3O2S. The Morgan fingerprint density at radius 1 is 1.30 bits per heavy atom. The molecule has 1 aromatic carbocycles. The zero-order valence-electron chi connectivity index (χ0n) is 18.6. The number of hydrogen-bond acceptors (Lipinski definition) is 5. The van der Waals surface area contributed by atoms with E-state index in [9.17, 15) is 4.79 Å². The second-order valence-electron chi connectivity index (χ2n) is 9.38. The van der Waals surface area contributed by atoms with E-state index in [2.05, 4.69) is 47.2 Å². The molecule has 5 nitrogen and oxygen atoms in total. The molecule has 2 aliphatic rings. The van der Waals surface area contributed by atoms with Crippen LogP contribution in [0, 0.1) is 19.8 Å². The molecule has 1 N–H and O–H groups in total. The molecule has 0 saturated carbocycles. The number of aryl methyl sites for hydroxylation is 2. The van der Waals surface area contributed by atoms with E-state index in [0.29, 0.717) is 12.3 Å². The predicted molar refractivity (Wildman–Crippen MR) is 121 cm³/mol. The van der Waals surface area contributed by atoms with Crippen LogP contribution in [-0.2, 0) is 24.2 Å². The van der Waals surface area contributed by atoms with E-state index in [1.807, 2.05) is 13.8 Å². The van der Waals surface area contributed by atoms with E-state index in [1.54, 1.807) is 11.3 Å². The van der Waals surface area contributed by atoms with Crippen LogP contribution in [0.1, 0.15) is 53.4 Å². The minimum Gasteiger partial charge on any atom is -0.487 e.